The van der Waals surface area contributed by atoms with Gasteiger partial charge < -0.3 is 10.4 Å². The maximum Gasteiger partial charge on any atom is 0.163 e. The van der Waals surface area contributed by atoms with Gasteiger partial charge in [0.15, 0.2) is 5.78 Å². The van der Waals surface area contributed by atoms with Gasteiger partial charge in [-0.2, -0.15) is 0 Å². The van der Waals surface area contributed by atoms with Crippen LogP contribution in [0.15, 0.2) is 48.5 Å². The van der Waals surface area contributed by atoms with Crippen LogP contribution in [0.25, 0.3) is 0 Å². The normalized spacial score (nSPS) is 18.3. The second-order valence-corrected chi connectivity index (χ2v) is 6.30. The van der Waals surface area contributed by atoms with E-state index in [1.54, 1.807) is 0 Å². The van der Waals surface area contributed by atoms with Crippen LogP contribution < -0.4 is 5.32 Å². The third-order valence-corrected chi connectivity index (χ3v) is 4.69. The number of fused-ring (bicyclic) bond motifs is 1. The van der Waals surface area contributed by atoms with Crippen molar-refractivity contribution in [2.75, 3.05) is 0 Å². The Morgan fingerprint density at radius 1 is 1.17 bits per heavy atom. The highest BCUT2D eigenvalue weighted by Crippen LogP contribution is 2.20. The highest BCUT2D eigenvalue weighted by atomic mass is 16.3. The number of carbonyl (C=O) groups excluding carboxylic acids is 1. The lowest BCUT2D eigenvalue weighted by molar-refractivity contribution is 0.0877. The summed E-state index contributed by atoms with van der Waals surface area (Å²) in [5.41, 5.74) is 4.35. The molecule has 0 unspecified atom stereocenters. The summed E-state index contributed by atoms with van der Waals surface area (Å²) < 4.78 is 0. The van der Waals surface area contributed by atoms with E-state index in [0.717, 1.165) is 24.1 Å². The average Bonchev–Trinajstić information content (AvgIpc) is 2.59. The summed E-state index contributed by atoms with van der Waals surface area (Å²) in [4.78, 5) is 12.3. The molecule has 2 aromatic rings. The number of aliphatic hydroxyl groups excluding tert-OH is 1. The Balaban J connectivity index is 1.57. The van der Waals surface area contributed by atoms with Crippen molar-refractivity contribution in [2.24, 2.45) is 0 Å². The maximum atomic E-state index is 12.3. The lowest BCUT2D eigenvalue weighted by Gasteiger charge is -2.29. The monoisotopic (exact) mass is 309 g/mol. The van der Waals surface area contributed by atoms with Gasteiger partial charge in [0.25, 0.3) is 0 Å². The van der Waals surface area contributed by atoms with Gasteiger partial charge in [0.2, 0.25) is 0 Å². The smallest absolute Gasteiger partial charge is 0.163 e. The third kappa shape index (κ3) is 3.69. The fourth-order valence-electron chi connectivity index (χ4n) is 3.25. The van der Waals surface area contributed by atoms with Gasteiger partial charge in [-0.15, -0.1) is 0 Å². The summed E-state index contributed by atoms with van der Waals surface area (Å²) in [6, 6.07) is 16.0. The largest absolute Gasteiger partial charge is 0.391 e. The summed E-state index contributed by atoms with van der Waals surface area (Å²) >= 11 is 0. The van der Waals surface area contributed by atoms with Gasteiger partial charge in [-0.05, 0) is 36.5 Å². The highest BCUT2D eigenvalue weighted by Gasteiger charge is 2.24. The summed E-state index contributed by atoms with van der Waals surface area (Å²) in [5.74, 6) is 0.110. The van der Waals surface area contributed by atoms with Crippen LogP contribution in [0.3, 0.4) is 0 Å². The molecule has 0 saturated heterocycles. The van der Waals surface area contributed by atoms with E-state index in [-0.39, 0.29) is 11.8 Å². The van der Waals surface area contributed by atoms with E-state index < -0.39 is 6.10 Å². The Morgan fingerprint density at radius 3 is 2.65 bits per heavy atom. The zero-order chi connectivity index (χ0) is 16.2. The summed E-state index contributed by atoms with van der Waals surface area (Å²) in [6.45, 7) is 2.73. The minimum atomic E-state index is -0.503. The van der Waals surface area contributed by atoms with Crippen molar-refractivity contribution in [3.63, 3.8) is 0 Å². The second-order valence-electron chi connectivity index (χ2n) is 6.30. The molecule has 0 aliphatic carbocycles. The Bertz CT molecular complexity index is 696. The predicted molar refractivity (Wildman–Crippen MR) is 91.5 cm³/mol. The predicted octanol–water partition coefficient (Wildman–Crippen LogP) is 3.03. The van der Waals surface area contributed by atoms with Gasteiger partial charge in [0, 0.05) is 24.6 Å². The molecular formula is C20H23NO2. The zero-order valence-electron chi connectivity index (χ0n) is 13.5. The van der Waals surface area contributed by atoms with Crippen LogP contribution in [0, 0.1) is 6.92 Å². The van der Waals surface area contributed by atoms with Crippen molar-refractivity contribution in [1.82, 2.24) is 5.32 Å². The van der Waals surface area contributed by atoms with E-state index in [4.69, 9.17) is 0 Å². The van der Waals surface area contributed by atoms with Crippen molar-refractivity contribution in [2.45, 2.75) is 44.9 Å². The minimum absolute atomic E-state index is 0.0228. The molecule has 3 heteroatoms. The van der Waals surface area contributed by atoms with E-state index in [9.17, 15) is 9.90 Å². The summed E-state index contributed by atoms with van der Waals surface area (Å²) in [7, 11) is 0. The molecule has 23 heavy (non-hydrogen) atoms. The topological polar surface area (TPSA) is 49.3 Å². The van der Waals surface area contributed by atoms with Crippen LogP contribution in [-0.4, -0.2) is 23.0 Å². The van der Waals surface area contributed by atoms with Crippen LogP contribution in [0.4, 0.5) is 0 Å². The molecule has 0 amide bonds. The minimum Gasteiger partial charge on any atom is -0.391 e. The van der Waals surface area contributed by atoms with Crippen molar-refractivity contribution < 1.29 is 9.90 Å². The Kier molecular flexibility index (Phi) is 4.89. The molecule has 0 aromatic heterocycles. The number of aliphatic hydroxyl groups is 1. The molecule has 0 radical (unpaired) electrons. The lowest BCUT2D eigenvalue weighted by Crippen LogP contribution is -2.44. The van der Waals surface area contributed by atoms with Gasteiger partial charge >= 0.3 is 0 Å². The third-order valence-electron chi connectivity index (χ3n) is 4.69. The van der Waals surface area contributed by atoms with E-state index in [0.29, 0.717) is 12.8 Å². The molecule has 0 fully saturated rings. The van der Waals surface area contributed by atoms with Crippen molar-refractivity contribution in [3.8, 4) is 0 Å². The number of nitrogens with one attached hydrogen (secondary N) is 1. The standard InChI is InChI=1S/C20H23NO2/c1-14-6-2-5-9-17(14)19(22)10-11-20(23)18-12-15-7-3-4-8-16(15)13-21-18/h2-9,18,20-21,23H,10-13H2,1H3/t18-,20+/m0/s1. The SMILES string of the molecule is Cc1ccccc1C(=O)CC[C@@H](O)[C@@H]1Cc2ccccc2CN1. The molecule has 2 atom stereocenters. The van der Waals surface area contributed by atoms with Crippen LogP contribution in [-0.2, 0) is 13.0 Å². The number of hydrogen-bond donors (Lipinski definition) is 2. The highest BCUT2D eigenvalue weighted by molar-refractivity contribution is 5.97. The fourth-order valence-corrected chi connectivity index (χ4v) is 3.25. The number of aryl methyl sites for hydroxylation is 1. The number of benzene rings is 2. The Hall–Kier alpha value is -1.97. The quantitative estimate of drug-likeness (QED) is 0.835. The first-order valence-corrected chi connectivity index (χ1v) is 8.22. The molecule has 1 aliphatic rings. The first-order valence-electron chi connectivity index (χ1n) is 8.22. The molecule has 0 bridgehead atoms. The van der Waals surface area contributed by atoms with Crippen LogP contribution in [0.1, 0.15) is 39.9 Å². The second kappa shape index (κ2) is 7.07. The molecule has 0 saturated carbocycles. The van der Waals surface area contributed by atoms with Gasteiger partial charge in [0.05, 0.1) is 6.10 Å². The van der Waals surface area contributed by atoms with Crippen molar-refractivity contribution in [1.29, 1.82) is 0 Å². The van der Waals surface area contributed by atoms with Gasteiger partial charge in [-0.25, -0.2) is 0 Å². The fraction of sp³-hybridized carbons (Fsp3) is 0.350. The number of rotatable bonds is 5. The Labute approximate surface area is 137 Å². The number of ketones is 1. The Morgan fingerprint density at radius 2 is 1.87 bits per heavy atom. The van der Waals surface area contributed by atoms with Crippen molar-refractivity contribution >= 4 is 5.78 Å². The summed E-state index contributed by atoms with van der Waals surface area (Å²) in [5, 5.41) is 13.8. The summed E-state index contributed by atoms with van der Waals surface area (Å²) in [6.07, 6.45) is 1.19. The first kappa shape index (κ1) is 15.9. The molecule has 3 nitrogen and oxygen atoms in total. The van der Waals surface area contributed by atoms with Gasteiger partial charge in [-0.3, -0.25) is 4.79 Å². The maximum absolute atomic E-state index is 12.3. The van der Waals surface area contributed by atoms with Crippen LogP contribution >= 0.6 is 0 Å². The average molecular weight is 309 g/mol. The molecule has 1 heterocycles. The molecule has 1 aliphatic heterocycles. The van der Waals surface area contributed by atoms with E-state index in [1.807, 2.05) is 43.3 Å². The zero-order valence-corrected chi connectivity index (χ0v) is 13.5. The molecule has 3 rings (SSSR count). The first-order chi connectivity index (χ1) is 11.1. The van der Waals surface area contributed by atoms with E-state index in [2.05, 4.69) is 17.4 Å². The molecule has 120 valence electrons. The molecular weight excluding hydrogens is 286 g/mol. The van der Waals surface area contributed by atoms with Crippen molar-refractivity contribution in [3.05, 3.63) is 70.8 Å². The number of Topliss-reactive ketones (excluding diaryl/α,β-unsaturated/α-hetero) is 1. The van der Waals surface area contributed by atoms with Gasteiger partial charge in [0.1, 0.15) is 0 Å². The van der Waals surface area contributed by atoms with E-state index >= 15 is 0 Å². The number of hydrogen-bond acceptors (Lipinski definition) is 3. The van der Waals surface area contributed by atoms with Crippen LogP contribution in [0.2, 0.25) is 0 Å². The van der Waals surface area contributed by atoms with Gasteiger partial charge in [-0.1, -0.05) is 48.5 Å². The van der Waals surface area contributed by atoms with Crippen LogP contribution in [0.5, 0.6) is 0 Å². The number of carbonyl (C=O) groups is 1. The molecule has 2 N–H and O–H groups in total. The molecule has 2 aromatic carbocycles. The van der Waals surface area contributed by atoms with E-state index in [1.165, 1.54) is 11.1 Å². The lowest BCUT2D eigenvalue weighted by atomic mass is 9.90. The molecule has 0 spiro atoms.